The second-order valence-corrected chi connectivity index (χ2v) is 4.28. The van der Waals surface area contributed by atoms with Crippen molar-refractivity contribution in [1.82, 2.24) is 4.98 Å². The van der Waals surface area contributed by atoms with Crippen LogP contribution >= 0.6 is 0 Å². The third-order valence-electron chi connectivity index (χ3n) is 2.94. The number of carbonyl (C=O) groups is 2. The molecule has 0 aliphatic carbocycles. The number of carboxylic acid groups (broad SMARTS) is 1. The summed E-state index contributed by atoms with van der Waals surface area (Å²) in [4.78, 5) is 26.6. The molecule has 0 aliphatic heterocycles. The summed E-state index contributed by atoms with van der Waals surface area (Å²) in [5.41, 5.74) is 2.22. The second kappa shape index (κ2) is 5.52. The van der Waals surface area contributed by atoms with E-state index >= 15 is 0 Å². The number of pyridine rings is 1. The van der Waals surface area contributed by atoms with Crippen LogP contribution in [0, 0.1) is 0 Å². The quantitative estimate of drug-likeness (QED) is 0.835. The van der Waals surface area contributed by atoms with Crippen molar-refractivity contribution >= 4 is 17.6 Å². The lowest BCUT2D eigenvalue weighted by Gasteiger charge is -2.08. The number of carbonyl (C=O) groups excluding carboxylic acids is 1. The van der Waals surface area contributed by atoms with Crippen LogP contribution in [0.4, 0.5) is 5.82 Å². The highest BCUT2D eigenvalue weighted by molar-refractivity contribution is 5.99. The van der Waals surface area contributed by atoms with Gasteiger partial charge in [0.1, 0.15) is 5.82 Å². The average molecular weight is 270 g/mol. The number of hydrogen-bond acceptors (Lipinski definition) is 4. The minimum Gasteiger partial charge on any atom is -0.478 e. The highest BCUT2D eigenvalue weighted by Gasteiger charge is 2.10. The van der Waals surface area contributed by atoms with Gasteiger partial charge < -0.3 is 10.4 Å². The minimum atomic E-state index is -0.965. The van der Waals surface area contributed by atoms with Crippen LogP contribution in [-0.4, -0.2) is 28.9 Å². The highest BCUT2D eigenvalue weighted by Crippen LogP contribution is 2.22. The summed E-state index contributed by atoms with van der Waals surface area (Å²) < 4.78 is 0. The molecule has 0 saturated carbocycles. The van der Waals surface area contributed by atoms with E-state index < -0.39 is 5.97 Å². The van der Waals surface area contributed by atoms with Gasteiger partial charge in [-0.1, -0.05) is 12.1 Å². The SMILES string of the molecule is CNc1nc(-c2ccc(C(=O)O)cc2)ccc1C(C)=O. The Balaban J connectivity index is 2.42. The van der Waals surface area contributed by atoms with Crippen LogP contribution in [0.15, 0.2) is 36.4 Å². The average Bonchev–Trinajstić information content (AvgIpc) is 2.46. The monoisotopic (exact) mass is 270 g/mol. The van der Waals surface area contributed by atoms with Gasteiger partial charge in [0.25, 0.3) is 0 Å². The van der Waals surface area contributed by atoms with Crippen molar-refractivity contribution < 1.29 is 14.7 Å². The molecule has 5 nitrogen and oxygen atoms in total. The van der Waals surface area contributed by atoms with Gasteiger partial charge >= 0.3 is 5.97 Å². The number of aromatic nitrogens is 1. The Morgan fingerprint density at radius 3 is 2.25 bits per heavy atom. The zero-order chi connectivity index (χ0) is 14.7. The molecule has 0 fully saturated rings. The lowest BCUT2D eigenvalue weighted by molar-refractivity contribution is 0.0696. The topological polar surface area (TPSA) is 79.3 Å². The molecule has 2 aromatic rings. The van der Waals surface area contributed by atoms with Crippen molar-refractivity contribution in [2.24, 2.45) is 0 Å². The van der Waals surface area contributed by atoms with Gasteiger partial charge in [0.05, 0.1) is 16.8 Å². The molecule has 0 saturated heterocycles. The van der Waals surface area contributed by atoms with E-state index in [9.17, 15) is 9.59 Å². The second-order valence-electron chi connectivity index (χ2n) is 4.28. The largest absolute Gasteiger partial charge is 0.478 e. The number of rotatable bonds is 4. The third kappa shape index (κ3) is 2.66. The molecule has 0 radical (unpaired) electrons. The van der Waals surface area contributed by atoms with Crippen LogP contribution < -0.4 is 5.32 Å². The van der Waals surface area contributed by atoms with Crippen LogP contribution in [0.1, 0.15) is 27.6 Å². The number of anilines is 1. The summed E-state index contributed by atoms with van der Waals surface area (Å²) in [5.74, 6) is -0.515. The molecule has 102 valence electrons. The molecule has 0 amide bonds. The standard InChI is InChI=1S/C15H14N2O3/c1-9(18)12-7-8-13(17-14(12)16-2)10-3-5-11(6-4-10)15(19)20/h3-8H,1-2H3,(H,16,17)(H,19,20). The predicted molar refractivity (Wildman–Crippen MR) is 76.2 cm³/mol. The first-order valence-corrected chi connectivity index (χ1v) is 6.06. The summed E-state index contributed by atoms with van der Waals surface area (Å²) >= 11 is 0. The fraction of sp³-hybridized carbons (Fsp3) is 0.133. The van der Waals surface area contributed by atoms with E-state index in [4.69, 9.17) is 5.11 Å². The summed E-state index contributed by atoms with van der Waals surface area (Å²) in [7, 11) is 1.70. The molecule has 20 heavy (non-hydrogen) atoms. The van der Waals surface area contributed by atoms with Crippen LogP contribution in [-0.2, 0) is 0 Å². The van der Waals surface area contributed by atoms with E-state index in [-0.39, 0.29) is 11.3 Å². The summed E-state index contributed by atoms with van der Waals surface area (Å²) in [6.07, 6.45) is 0. The molecule has 0 bridgehead atoms. The van der Waals surface area contributed by atoms with Crippen LogP contribution in [0.5, 0.6) is 0 Å². The van der Waals surface area contributed by atoms with E-state index in [2.05, 4.69) is 10.3 Å². The van der Waals surface area contributed by atoms with Gasteiger partial charge in [0, 0.05) is 12.6 Å². The zero-order valence-corrected chi connectivity index (χ0v) is 11.2. The first kappa shape index (κ1) is 13.7. The number of aromatic carboxylic acids is 1. The molecule has 2 rings (SSSR count). The normalized spacial score (nSPS) is 10.1. The Morgan fingerprint density at radius 2 is 1.75 bits per heavy atom. The molecule has 1 aromatic carbocycles. The van der Waals surface area contributed by atoms with Crippen molar-refractivity contribution in [3.8, 4) is 11.3 Å². The first-order valence-electron chi connectivity index (χ1n) is 6.06. The molecule has 1 aromatic heterocycles. The Bertz CT molecular complexity index is 663. The van der Waals surface area contributed by atoms with Gasteiger partial charge in [-0.2, -0.15) is 0 Å². The Labute approximate surface area is 116 Å². The number of nitrogens with one attached hydrogen (secondary N) is 1. The maximum absolute atomic E-state index is 11.4. The molecule has 0 aliphatic rings. The zero-order valence-electron chi connectivity index (χ0n) is 11.2. The van der Waals surface area contributed by atoms with Gasteiger partial charge in [0.2, 0.25) is 0 Å². The fourth-order valence-corrected chi connectivity index (χ4v) is 1.88. The lowest BCUT2D eigenvalue weighted by atomic mass is 10.1. The van der Waals surface area contributed by atoms with Gasteiger partial charge in [-0.3, -0.25) is 4.79 Å². The molecule has 0 spiro atoms. The highest BCUT2D eigenvalue weighted by atomic mass is 16.4. The number of benzene rings is 1. The van der Waals surface area contributed by atoms with Crippen LogP contribution in [0.3, 0.4) is 0 Å². The molecule has 0 unspecified atom stereocenters. The van der Waals surface area contributed by atoms with Gasteiger partial charge in [-0.25, -0.2) is 9.78 Å². The van der Waals surface area contributed by atoms with Gasteiger partial charge in [-0.15, -0.1) is 0 Å². The number of hydrogen-bond donors (Lipinski definition) is 2. The molecule has 0 atom stereocenters. The number of carboxylic acids is 1. The fourth-order valence-electron chi connectivity index (χ4n) is 1.88. The molecule has 5 heteroatoms. The van der Waals surface area contributed by atoms with E-state index in [0.717, 1.165) is 5.56 Å². The lowest BCUT2D eigenvalue weighted by Crippen LogP contribution is -2.03. The van der Waals surface area contributed by atoms with E-state index in [1.54, 1.807) is 31.3 Å². The van der Waals surface area contributed by atoms with E-state index in [1.807, 2.05) is 0 Å². The number of Topliss-reactive ketones (excluding diaryl/α,β-unsaturated/α-hetero) is 1. The molecule has 1 heterocycles. The Kier molecular flexibility index (Phi) is 3.79. The maximum Gasteiger partial charge on any atom is 0.335 e. The molecular formula is C15H14N2O3. The predicted octanol–water partition coefficient (Wildman–Crippen LogP) is 2.69. The smallest absolute Gasteiger partial charge is 0.335 e. The summed E-state index contributed by atoms with van der Waals surface area (Å²) in [6, 6.07) is 9.89. The van der Waals surface area contributed by atoms with E-state index in [0.29, 0.717) is 17.1 Å². The Morgan fingerprint density at radius 1 is 1.10 bits per heavy atom. The summed E-state index contributed by atoms with van der Waals surface area (Å²) in [5, 5.41) is 11.8. The van der Waals surface area contributed by atoms with Crippen molar-refractivity contribution in [2.75, 3.05) is 12.4 Å². The van der Waals surface area contributed by atoms with Crippen molar-refractivity contribution in [2.45, 2.75) is 6.92 Å². The minimum absolute atomic E-state index is 0.0605. The van der Waals surface area contributed by atoms with Crippen LogP contribution in [0.25, 0.3) is 11.3 Å². The van der Waals surface area contributed by atoms with E-state index in [1.165, 1.54) is 19.1 Å². The number of nitrogens with zero attached hydrogens (tertiary/aromatic N) is 1. The van der Waals surface area contributed by atoms with Gasteiger partial charge in [0.15, 0.2) is 5.78 Å². The maximum atomic E-state index is 11.4. The first-order chi connectivity index (χ1) is 9.52. The number of ketones is 1. The third-order valence-corrected chi connectivity index (χ3v) is 2.94. The van der Waals surface area contributed by atoms with Gasteiger partial charge in [-0.05, 0) is 31.2 Å². The Hall–Kier alpha value is -2.69. The van der Waals surface area contributed by atoms with Crippen molar-refractivity contribution in [3.05, 3.63) is 47.5 Å². The van der Waals surface area contributed by atoms with Crippen molar-refractivity contribution in [3.63, 3.8) is 0 Å². The summed E-state index contributed by atoms with van der Waals surface area (Å²) in [6.45, 7) is 1.49. The van der Waals surface area contributed by atoms with Crippen LogP contribution in [0.2, 0.25) is 0 Å². The molecule has 2 N–H and O–H groups in total. The molecular weight excluding hydrogens is 256 g/mol. The van der Waals surface area contributed by atoms with Crippen molar-refractivity contribution in [1.29, 1.82) is 0 Å².